The summed E-state index contributed by atoms with van der Waals surface area (Å²) in [5.74, 6) is -0.895. The van der Waals surface area contributed by atoms with Gasteiger partial charge in [0, 0.05) is 19.3 Å². The van der Waals surface area contributed by atoms with Crippen molar-refractivity contribution in [2.24, 2.45) is 0 Å². The number of hydrogen-bond acceptors (Lipinski definition) is 6. The van der Waals surface area contributed by atoms with Crippen LogP contribution in [0.1, 0.15) is 310 Å². The minimum Gasteiger partial charge on any atom is -0.462 e. The number of esters is 3. The molecule has 6 heteroatoms. The van der Waals surface area contributed by atoms with Gasteiger partial charge in [0.25, 0.3) is 0 Å². The average molecular weight is 980 g/mol. The topological polar surface area (TPSA) is 78.9 Å². The third-order valence-electron chi connectivity index (χ3n) is 13.2. The monoisotopic (exact) mass is 979 g/mol. The van der Waals surface area contributed by atoms with Crippen LogP contribution in [0.5, 0.6) is 0 Å². The number of unbranched alkanes of at least 4 members (excludes halogenated alkanes) is 34. The maximum absolute atomic E-state index is 12.9. The van der Waals surface area contributed by atoms with E-state index in [-0.39, 0.29) is 31.1 Å². The smallest absolute Gasteiger partial charge is 0.306 e. The maximum atomic E-state index is 12.9. The highest BCUT2D eigenvalue weighted by Gasteiger charge is 2.19. The summed E-state index contributed by atoms with van der Waals surface area (Å²) >= 11 is 0. The number of ether oxygens (including phenoxy) is 3. The molecule has 0 bridgehead atoms. The van der Waals surface area contributed by atoms with Crippen LogP contribution in [0.15, 0.2) is 60.8 Å². The zero-order valence-electron chi connectivity index (χ0n) is 46.5. The molecule has 0 saturated carbocycles. The van der Waals surface area contributed by atoms with E-state index < -0.39 is 6.10 Å². The Morgan fingerprint density at radius 2 is 0.514 bits per heavy atom. The summed E-state index contributed by atoms with van der Waals surface area (Å²) in [6.45, 7) is 6.60. The fraction of sp³-hybridized carbons (Fsp3) is 0.797. The Balaban J connectivity index is 4.33. The molecule has 0 fully saturated rings. The van der Waals surface area contributed by atoms with E-state index in [0.29, 0.717) is 19.3 Å². The Hall–Kier alpha value is -2.89. The van der Waals surface area contributed by atoms with Gasteiger partial charge in [0.15, 0.2) is 6.10 Å². The van der Waals surface area contributed by atoms with Crippen molar-refractivity contribution in [2.45, 2.75) is 316 Å². The first-order chi connectivity index (χ1) is 34.5. The zero-order chi connectivity index (χ0) is 50.7. The molecular formula is C64H114O6. The van der Waals surface area contributed by atoms with Crippen LogP contribution in [0, 0.1) is 0 Å². The lowest BCUT2D eigenvalue weighted by Gasteiger charge is -2.18. The molecule has 1 atom stereocenters. The third kappa shape index (κ3) is 56.0. The van der Waals surface area contributed by atoms with E-state index in [0.717, 1.165) is 96.3 Å². The fourth-order valence-electron chi connectivity index (χ4n) is 8.62. The molecule has 0 aliphatic rings. The molecule has 0 aromatic heterocycles. The Labute approximate surface area is 434 Å². The Morgan fingerprint density at radius 1 is 0.286 bits per heavy atom. The second-order valence-electron chi connectivity index (χ2n) is 20.2. The second kappa shape index (κ2) is 58.7. The van der Waals surface area contributed by atoms with Crippen molar-refractivity contribution in [3.8, 4) is 0 Å². The van der Waals surface area contributed by atoms with Crippen LogP contribution in [-0.2, 0) is 28.6 Å². The summed E-state index contributed by atoms with van der Waals surface area (Å²) in [7, 11) is 0. The molecule has 0 heterocycles. The number of carbonyl (C=O) groups excluding carboxylic acids is 3. The van der Waals surface area contributed by atoms with Gasteiger partial charge in [-0.2, -0.15) is 0 Å². The summed E-state index contributed by atoms with van der Waals surface area (Å²) in [6, 6.07) is 0. The van der Waals surface area contributed by atoms with Gasteiger partial charge in [-0.05, 0) is 109 Å². The molecule has 0 amide bonds. The number of carbonyl (C=O) groups is 3. The lowest BCUT2D eigenvalue weighted by atomic mass is 10.0. The zero-order valence-corrected chi connectivity index (χ0v) is 46.5. The number of hydrogen-bond donors (Lipinski definition) is 0. The van der Waals surface area contributed by atoms with Gasteiger partial charge >= 0.3 is 17.9 Å². The van der Waals surface area contributed by atoms with E-state index in [1.165, 1.54) is 173 Å². The van der Waals surface area contributed by atoms with Crippen molar-refractivity contribution >= 4 is 17.9 Å². The summed E-state index contributed by atoms with van der Waals surface area (Å²) in [5, 5.41) is 0. The van der Waals surface area contributed by atoms with Crippen molar-refractivity contribution in [3.63, 3.8) is 0 Å². The lowest BCUT2D eigenvalue weighted by molar-refractivity contribution is -0.167. The average Bonchev–Trinajstić information content (AvgIpc) is 3.36. The first-order valence-electron chi connectivity index (χ1n) is 30.3. The summed E-state index contributed by atoms with van der Waals surface area (Å²) in [6.07, 6.45) is 73.6. The molecule has 0 N–H and O–H groups in total. The van der Waals surface area contributed by atoms with Crippen LogP contribution in [0.4, 0.5) is 0 Å². The Bertz CT molecular complexity index is 1260. The minimum absolute atomic E-state index is 0.0824. The predicted octanol–water partition coefficient (Wildman–Crippen LogP) is 20.4. The largest absolute Gasteiger partial charge is 0.462 e. The lowest BCUT2D eigenvalue weighted by Crippen LogP contribution is -2.30. The highest BCUT2D eigenvalue weighted by molar-refractivity contribution is 5.71. The minimum atomic E-state index is -0.786. The molecule has 0 aromatic rings. The van der Waals surface area contributed by atoms with Gasteiger partial charge in [-0.15, -0.1) is 0 Å². The summed E-state index contributed by atoms with van der Waals surface area (Å²) < 4.78 is 16.9. The summed E-state index contributed by atoms with van der Waals surface area (Å²) in [5.41, 5.74) is 0. The molecule has 0 radical (unpaired) electrons. The normalized spacial score (nSPS) is 12.4. The van der Waals surface area contributed by atoms with Crippen molar-refractivity contribution in [3.05, 3.63) is 60.8 Å². The highest BCUT2D eigenvalue weighted by Crippen LogP contribution is 2.16. The van der Waals surface area contributed by atoms with Crippen LogP contribution in [0.25, 0.3) is 0 Å². The van der Waals surface area contributed by atoms with Gasteiger partial charge in [0.05, 0.1) is 0 Å². The van der Waals surface area contributed by atoms with E-state index in [1.807, 2.05) is 0 Å². The molecule has 0 rings (SSSR count). The van der Waals surface area contributed by atoms with Gasteiger partial charge in [-0.1, -0.05) is 242 Å². The van der Waals surface area contributed by atoms with E-state index >= 15 is 0 Å². The first kappa shape index (κ1) is 67.1. The van der Waals surface area contributed by atoms with Crippen LogP contribution < -0.4 is 0 Å². The first-order valence-corrected chi connectivity index (χ1v) is 30.3. The predicted molar refractivity (Wildman–Crippen MR) is 302 cm³/mol. The third-order valence-corrected chi connectivity index (χ3v) is 13.2. The van der Waals surface area contributed by atoms with Crippen LogP contribution in [0.2, 0.25) is 0 Å². The highest BCUT2D eigenvalue weighted by atomic mass is 16.6. The van der Waals surface area contributed by atoms with E-state index in [1.54, 1.807) is 0 Å². The summed E-state index contributed by atoms with van der Waals surface area (Å²) in [4.78, 5) is 38.2. The number of rotatable bonds is 55. The molecule has 406 valence electrons. The van der Waals surface area contributed by atoms with E-state index in [4.69, 9.17) is 14.2 Å². The maximum Gasteiger partial charge on any atom is 0.306 e. The Morgan fingerprint density at radius 3 is 0.814 bits per heavy atom. The fourth-order valence-corrected chi connectivity index (χ4v) is 8.62. The quantitative estimate of drug-likeness (QED) is 0.0261. The van der Waals surface area contributed by atoms with Crippen molar-refractivity contribution in [2.75, 3.05) is 13.2 Å². The van der Waals surface area contributed by atoms with Crippen LogP contribution in [0.3, 0.4) is 0 Å². The van der Waals surface area contributed by atoms with Gasteiger partial charge in [-0.3, -0.25) is 14.4 Å². The van der Waals surface area contributed by atoms with Gasteiger partial charge in [0.2, 0.25) is 0 Å². The molecule has 1 unspecified atom stereocenters. The molecule has 0 aliphatic heterocycles. The molecule has 0 saturated heterocycles. The molecule has 70 heavy (non-hydrogen) atoms. The second-order valence-corrected chi connectivity index (χ2v) is 20.2. The van der Waals surface area contributed by atoms with E-state index in [9.17, 15) is 14.4 Å². The molecule has 0 aromatic carbocycles. The van der Waals surface area contributed by atoms with Gasteiger partial charge in [0.1, 0.15) is 13.2 Å². The molecular weight excluding hydrogens is 865 g/mol. The molecule has 6 nitrogen and oxygen atoms in total. The van der Waals surface area contributed by atoms with E-state index in [2.05, 4.69) is 81.5 Å². The molecule has 0 aliphatic carbocycles. The van der Waals surface area contributed by atoms with Crippen molar-refractivity contribution < 1.29 is 28.6 Å². The van der Waals surface area contributed by atoms with Gasteiger partial charge in [-0.25, -0.2) is 0 Å². The molecule has 0 spiro atoms. The van der Waals surface area contributed by atoms with Crippen molar-refractivity contribution in [1.82, 2.24) is 0 Å². The SMILES string of the molecule is CCCCCC/C=C\C/C=C\CCCCCCCC(=O)OC(COC(=O)CCCCCCC/C=C\CCCCCC)COC(=O)CCCCCCCCCCCCC/C=C\C/C=C\CCCCCCC. The number of allylic oxidation sites excluding steroid dienone is 10. The Kier molecular flexibility index (Phi) is 56.3. The standard InChI is InChI=1S/C64H114O6/c1-4-7-10-13-16-19-22-25-27-29-30-31-32-33-34-35-37-39-42-45-48-51-54-57-63(66)69-60-61(59-68-62(65)56-53-50-47-44-41-38-24-21-18-15-12-9-6-3)70-64(67)58-55-52-49-46-43-40-36-28-26-23-20-17-14-11-8-5-2/h20-25,28-30,36,61H,4-19,26-27,31-35,37-60H2,1-3H3/b23-20-,24-21-,25-22-,30-29-,36-28-. The van der Waals surface area contributed by atoms with Crippen molar-refractivity contribution in [1.29, 1.82) is 0 Å². The van der Waals surface area contributed by atoms with Crippen LogP contribution in [-0.4, -0.2) is 37.2 Å². The van der Waals surface area contributed by atoms with Crippen LogP contribution >= 0.6 is 0 Å². The van der Waals surface area contributed by atoms with Gasteiger partial charge < -0.3 is 14.2 Å².